The summed E-state index contributed by atoms with van der Waals surface area (Å²) in [5.74, 6) is 0.0626. The van der Waals surface area contributed by atoms with Gasteiger partial charge >= 0.3 is 5.97 Å². The van der Waals surface area contributed by atoms with Gasteiger partial charge < -0.3 is 10.2 Å². The van der Waals surface area contributed by atoms with Gasteiger partial charge in [-0.2, -0.15) is 0 Å². The van der Waals surface area contributed by atoms with Crippen molar-refractivity contribution in [2.24, 2.45) is 5.92 Å². The van der Waals surface area contributed by atoms with Crippen LogP contribution in [0.15, 0.2) is 24.3 Å². The third-order valence-corrected chi connectivity index (χ3v) is 5.41. The predicted molar refractivity (Wildman–Crippen MR) is 93.0 cm³/mol. The zero-order chi connectivity index (χ0) is 17.4. The first-order chi connectivity index (χ1) is 10.7. The predicted octanol–water partition coefficient (Wildman–Crippen LogP) is 4.78. The molecule has 1 aliphatic rings. The van der Waals surface area contributed by atoms with Crippen molar-refractivity contribution in [1.82, 2.24) is 0 Å². The van der Waals surface area contributed by atoms with Crippen molar-refractivity contribution >= 4 is 5.97 Å². The average Bonchev–Trinajstić information content (AvgIpc) is 2.45. The van der Waals surface area contributed by atoms with Crippen LogP contribution in [0.5, 0.6) is 5.75 Å². The molecule has 0 aromatic heterocycles. The maximum absolute atomic E-state index is 11.1. The molecule has 2 N–H and O–H groups in total. The van der Waals surface area contributed by atoms with Crippen molar-refractivity contribution in [3.63, 3.8) is 0 Å². The Kier molecular flexibility index (Phi) is 4.88. The quantitative estimate of drug-likeness (QED) is 0.769. The molecular formula is C20H28O3. The molecule has 1 aromatic rings. The highest BCUT2D eigenvalue weighted by molar-refractivity contribution is 5.67. The van der Waals surface area contributed by atoms with Crippen molar-refractivity contribution in [2.45, 2.75) is 64.7 Å². The van der Waals surface area contributed by atoms with Crippen LogP contribution in [0.2, 0.25) is 0 Å². The zero-order valence-corrected chi connectivity index (χ0v) is 14.6. The fourth-order valence-corrected chi connectivity index (χ4v) is 4.12. The molecule has 0 saturated carbocycles. The first kappa shape index (κ1) is 17.6. The molecule has 3 heteroatoms. The van der Waals surface area contributed by atoms with E-state index in [1.165, 1.54) is 5.56 Å². The van der Waals surface area contributed by atoms with Crippen LogP contribution in [-0.2, 0) is 16.6 Å². The summed E-state index contributed by atoms with van der Waals surface area (Å²) in [5.41, 5.74) is 4.12. The molecule has 3 nitrogen and oxygen atoms in total. The van der Waals surface area contributed by atoms with Gasteiger partial charge in [0.15, 0.2) is 0 Å². The Morgan fingerprint density at radius 3 is 2.61 bits per heavy atom. The van der Waals surface area contributed by atoms with Gasteiger partial charge in [-0.15, -0.1) is 0 Å². The van der Waals surface area contributed by atoms with Gasteiger partial charge in [-0.05, 0) is 66.2 Å². The average molecular weight is 316 g/mol. The van der Waals surface area contributed by atoms with Crippen molar-refractivity contribution in [3.05, 3.63) is 41.0 Å². The first-order valence-electron chi connectivity index (χ1n) is 8.40. The number of allylic oxidation sites excluding steroid dienone is 1. The summed E-state index contributed by atoms with van der Waals surface area (Å²) in [7, 11) is 0. The summed E-state index contributed by atoms with van der Waals surface area (Å²) >= 11 is 0. The molecule has 2 unspecified atom stereocenters. The fourth-order valence-electron chi connectivity index (χ4n) is 4.12. The number of phenolic OH excluding ortho intramolecular Hbond substituents is 1. The number of rotatable bonds is 5. The number of hydrogen-bond donors (Lipinski definition) is 2. The highest BCUT2D eigenvalue weighted by atomic mass is 16.4. The third-order valence-electron chi connectivity index (χ3n) is 5.41. The molecule has 23 heavy (non-hydrogen) atoms. The Morgan fingerprint density at radius 2 is 2.09 bits per heavy atom. The molecule has 0 radical (unpaired) electrons. The molecule has 126 valence electrons. The second kappa shape index (κ2) is 6.38. The van der Waals surface area contributed by atoms with Gasteiger partial charge in [0.25, 0.3) is 0 Å². The van der Waals surface area contributed by atoms with Gasteiger partial charge in [-0.25, -0.2) is 0 Å². The van der Waals surface area contributed by atoms with Crippen LogP contribution in [0.3, 0.4) is 0 Å². The van der Waals surface area contributed by atoms with E-state index in [-0.39, 0.29) is 23.7 Å². The van der Waals surface area contributed by atoms with E-state index < -0.39 is 5.97 Å². The van der Waals surface area contributed by atoms with Gasteiger partial charge in [0, 0.05) is 6.42 Å². The number of aryl methyl sites for hydroxylation is 1. The first-order valence-corrected chi connectivity index (χ1v) is 8.40. The molecule has 2 rings (SSSR count). The monoisotopic (exact) mass is 316 g/mol. The third kappa shape index (κ3) is 3.29. The number of benzene rings is 1. The summed E-state index contributed by atoms with van der Waals surface area (Å²) in [6, 6.07) is 3.99. The van der Waals surface area contributed by atoms with Crippen LogP contribution in [0.25, 0.3) is 0 Å². The molecular weight excluding hydrogens is 288 g/mol. The second-order valence-corrected chi connectivity index (χ2v) is 7.47. The molecule has 0 heterocycles. The van der Waals surface area contributed by atoms with Crippen LogP contribution in [0.4, 0.5) is 0 Å². The number of aromatic hydroxyl groups is 1. The molecule has 0 fully saturated rings. The number of fused-ring (bicyclic) bond motifs is 1. The van der Waals surface area contributed by atoms with Crippen molar-refractivity contribution < 1.29 is 15.0 Å². The van der Waals surface area contributed by atoms with Crippen LogP contribution in [-0.4, -0.2) is 16.2 Å². The lowest BCUT2D eigenvalue weighted by Gasteiger charge is -2.44. The Balaban J connectivity index is 2.55. The van der Waals surface area contributed by atoms with Crippen LogP contribution >= 0.6 is 0 Å². The summed E-state index contributed by atoms with van der Waals surface area (Å²) in [4.78, 5) is 11.1. The molecule has 0 aliphatic heterocycles. The molecule has 0 saturated heterocycles. The van der Waals surface area contributed by atoms with E-state index in [0.29, 0.717) is 12.2 Å². The van der Waals surface area contributed by atoms with E-state index in [1.807, 2.05) is 13.0 Å². The van der Waals surface area contributed by atoms with Crippen LogP contribution in [0.1, 0.15) is 69.6 Å². The second-order valence-electron chi connectivity index (χ2n) is 7.47. The van der Waals surface area contributed by atoms with Crippen LogP contribution < -0.4 is 0 Å². The van der Waals surface area contributed by atoms with Gasteiger partial charge in [0.1, 0.15) is 5.75 Å². The maximum atomic E-state index is 11.1. The molecule has 1 aromatic carbocycles. The number of carboxylic acids is 1. The van der Waals surface area contributed by atoms with E-state index in [9.17, 15) is 9.90 Å². The summed E-state index contributed by atoms with van der Waals surface area (Å²) in [5, 5.41) is 19.6. The lowest BCUT2D eigenvalue weighted by atomic mass is 9.60. The highest BCUT2D eigenvalue weighted by Crippen LogP contribution is 2.49. The smallest absolute Gasteiger partial charge is 0.303 e. The van der Waals surface area contributed by atoms with Gasteiger partial charge in [0.2, 0.25) is 0 Å². The standard InChI is InChI=1S/C20H28O3/c1-12(2)15-10-14-6-7-16(13(3)4)20(5,9-8-19(22)23)17(14)11-18(15)21/h10-12,16,21H,3,6-9H2,1-2,4-5H3,(H,22,23). The number of carbonyl (C=O) groups is 1. The molecule has 2 atom stereocenters. The lowest BCUT2D eigenvalue weighted by Crippen LogP contribution is -2.38. The number of carboxylic acid groups (broad SMARTS) is 1. The molecule has 0 spiro atoms. The van der Waals surface area contributed by atoms with Crippen molar-refractivity contribution in [3.8, 4) is 5.75 Å². The van der Waals surface area contributed by atoms with Gasteiger partial charge in [0.05, 0.1) is 0 Å². The highest BCUT2D eigenvalue weighted by Gasteiger charge is 2.41. The number of phenols is 1. The summed E-state index contributed by atoms with van der Waals surface area (Å²) < 4.78 is 0. The van der Waals surface area contributed by atoms with Crippen molar-refractivity contribution in [2.75, 3.05) is 0 Å². The Bertz CT molecular complexity index is 630. The van der Waals surface area contributed by atoms with Crippen molar-refractivity contribution in [1.29, 1.82) is 0 Å². The molecule has 0 amide bonds. The Hall–Kier alpha value is -1.77. The van der Waals surface area contributed by atoms with Gasteiger partial charge in [-0.1, -0.05) is 39.0 Å². The summed E-state index contributed by atoms with van der Waals surface area (Å²) in [6.07, 6.45) is 2.63. The normalized spacial score (nSPS) is 23.6. The topological polar surface area (TPSA) is 57.5 Å². The van der Waals surface area contributed by atoms with Gasteiger partial charge in [-0.3, -0.25) is 4.79 Å². The minimum absolute atomic E-state index is 0.131. The fraction of sp³-hybridized carbons (Fsp3) is 0.550. The summed E-state index contributed by atoms with van der Waals surface area (Å²) in [6.45, 7) is 12.4. The number of hydrogen-bond acceptors (Lipinski definition) is 2. The number of aliphatic carboxylic acids is 1. The SMILES string of the molecule is C=C(C)C1CCc2cc(C(C)C)c(O)cc2C1(C)CCC(=O)O. The largest absolute Gasteiger partial charge is 0.508 e. The molecule has 1 aliphatic carbocycles. The van der Waals surface area contributed by atoms with E-state index in [4.69, 9.17) is 5.11 Å². The van der Waals surface area contributed by atoms with Crippen LogP contribution in [0, 0.1) is 5.92 Å². The minimum Gasteiger partial charge on any atom is -0.508 e. The zero-order valence-electron chi connectivity index (χ0n) is 14.6. The molecule has 0 bridgehead atoms. The van der Waals surface area contributed by atoms with E-state index >= 15 is 0 Å². The maximum Gasteiger partial charge on any atom is 0.303 e. The lowest BCUT2D eigenvalue weighted by molar-refractivity contribution is -0.137. The van der Waals surface area contributed by atoms with E-state index in [1.54, 1.807) is 0 Å². The Labute approximate surface area is 139 Å². The Morgan fingerprint density at radius 1 is 1.43 bits per heavy atom. The minimum atomic E-state index is -0.776. The van der Waals surface area contributed by atoms with E-state index in [0.717, 1.165) is 29.5 Å². The van der Waals surface area contributed by atoms with E-state index in [2.05, 4.69) is 33.4 Å².